The van der Waals surface area contributed by atoms with Crippen LogP contribution in [0.1, 0.15) is 11.1 Å². The van der Waals surface area contributed by atoms with E-state index in [0.29, 0.717) is 11.9 Å². The summed E-state index contributed by atoms with van der Waals surface area (Å²) in [4.78, 5) is 0. The molecule has 1 unspecified atom stereocenters. The molecule has 0 spiro atoms. The van der Waals surface area contributed by atoms with Crippen molar-refractivity contribution in [3.05, 3.63) is 65.7 Å². The summed E-state index contributed by atoms with van der Waals surface area (Å²) >= 11 is 6.06. The van der Waals surface area contributed by atoms with Crippen molar-refractivity contribution in [2.24, 2.45) is 0 Å². The fraction of sp³-hybridized carbons (Fsp3) is 0.333. The van der Waals surface area contributed by atoms with Gasteiger partial charge in [-0.3, -0.25) is 0 Å². The molecule has 0 aromatic heterocycles. The molecule has 2 rings (SSSR count). The largest absolute Gasteiger partial charge is 0.497 e. The summed E-state index contributed by atoms with van der Waals surface area (Å²) in [6, 6.07) is 19.0. The monoisotopic (exact) mass is 303 g/mol. The first-order valence-corrected chi connectivity index (χ1v) is 7.81. The molecule has 1 atom stereocenters. The van der Waals surface area contributed by atoms with E-state index in [1.807, 2.05) is 18.2 Å². The van der Waals surface area contributed by atoms with Crippen LogP contribution in [0.2, 0.25) is 0 Å². The summed E-state index contributed by atoms with van der Waals surface area (Å²) in [5, 5.41) is 3.53. The highest BCUT2D eigenvalue weighted by molar-refractivity contribution is 6.18. The second-order valence-corrected chi connectivity index (χ2v) is 5.40. The Hall–Kier alpha value is -1.51. The van der Waals surface area contributed by atoms with Crippen molar-refractivity contribution < 1.29 is 4.74 Å². The molecule has 0 radical (unpaired) electrons. The zero-order chi connectivity index (χ0) is 14.9. The van der Waals surface area contributed by atoms with Crippen LogP contribution in [-0.2, 0) is 12.8 Å². The predicted molar refractivity (Wildman–Crippen MR) is 89.4 cm³/mol. The Kier molecular flexibility index (Phi) is 6.58. The number of rotatable bonds is 8. The highest BCUT2D eigenvalue weighted by atomic mass is 35.5. The van der Waals surface area contributed by atoms with Crippen molar-refractivity contribution in [1.29, 1.82) is 0 Å². The Morgan fingerprint density at radius 3 is 2.33 bits per heavy atom. The van der Waals surface area contributed by atoms with Crippen LogP contribution in [0.3, 0.4) is 0 Å². The van der Waals surface area contributed by atoms with Gasteiger partial charge in [-0.05, 0) is 42.6 Å². The van der Waals surface area contributed by atoms with Gasteiger partial charge >= 0.3 is 0 Å². The van der Waals surface area contributed by atoms with Crippen LogP contribution in [0, 0.1) is 0 Å². The zero-order valence-electron chi connectivity index (χ0n) is 12.4. The number of hydrogen-bond acceptors (Lipinski definition) is 2. The first kappa shape index (κ1) is 15.9. The van der Waals surface area contributed by atoms with Gasteiger partial charge in [0.25, 0.3) is 0 Å². The van der Waals surface area contributed by atoms with Crippen molar-refractivity contribution >= 4 is 11.6 Å². The lowest BCUT2D eigenvalue weighted by molar-refractivity contribution is 0.414. The molecule has 0 saturated heterocycles. The minimum atomic E-state index is 0.312. The van der Waals surface area contributed by atoms with Crippen molar-refractivity contribution in [2.75, 3.05) is 19.5 Å². The zero-order valence-corrected chi connectivity index (χ0v) is 13.1. The summed E-state index contributed by atoms with van der Waals surface area (Å²) in [6.45, 7) is 0.927. The second kappa shape index (κ2) is 8.71. The maximum absolute atomic E-state index is 6.06. The minimum absolute atomic E-state index is 0.312. The second-order valence-electron chi connectivity index (χ2n) is 5.09. The number of alkyl halides is 1. The normalized spacial score (nSPS) is 12.1. The number of halogens is 1. The number of hydrogen-bond donors (Lipinski definition) is 1. The van der Waals surface area contributed by atoms with E-state index >= 15 is 0 Å². The fourth-order valence-electron chi connectivity index (χ4n) is 2.29. The lowest BCUT2D eigenvalue weighted by Crippen LogP contribution is -2.34. The van der Waals surface area contributed by atoms with Crippen molar-refractivity contribution in [3.63, 3.8) is 0 Å². The Labute approximate surface area is 132 Å². The topological polar surface area (TPSA) is 21.3 Å². The smallest absolute Gasteiger partial charge is 0.118 e. The van der Waals surface area contributed by atoms with E-state index in [-0.39, 0.29) is 0 Å². The summed E-state index contributed by atoms with van der Waals surface area (Å²) in [7, 11) is 1.69. The van der Waals surface area contributed by atoms with Crippen molar-refractivity contribution in [1.82, 2.24) is 5.32 Å². The molecule has 0 saturated carbocycles. The van der Waals surface area contributed by atoms with Crippen LogP contribution in [0.25, 0.3) is 0 Å². The van der Waals surface area contributed by atoms with Crippen LogP contribution in [0.5, 0.6) is 5.75 Å². The Morgan fingerprint density at radius 2 is 1.71 bits per heavy atom. The van der Waals surface area contributed by atoms with E-state index in [2.05, 4.69) is 41.7 Å². The minimum Gasteiger partial charge on any atom is -0.497 e. The van der Waals surface area contributed by atoms with E-state index in [1.165, 1.54) is 11.1 Å². The van der Waals surface area contributed by atoms with Gasteiger partial charge in [0.1, 0.15) is 5.75 Å². The first-order chi connectivity index (χ1) is 10.3. The third-order valence-electron chi connectivity index (χ3n) is 3.52. The van der Waals surface area contributed by atoms with Gasteiger partial charge in [-0.2, -0.15) is 0 Å². The third-order valence-corrected chi connectivity index (χ3v) is 3.89. The molecule has 112 valence electrons. The van der Waals surface area contributed by atoms with E-state index in [1.54, 1.807) is 7.11 Å². The molecule has 0 heterocycles. The molecule has 2 aromatic carbocycles. The standard InChI is InChI=1S/C18H22ClNO/c1-21-18-9-7-15(8-10-18)11-12-20-17(14-19)13-16-5-3-2-4-6-16/h2-10,17,20H,11-14H2,1H3. The van der Waals surface area contributed by atoms with Gasteiger partial charge in [0.05, 0.1) is 7.11 Å². The third kappa shape index (κ3) is 5.41. The Balaban J connectivity index is 1.77. The molecular weight excluding hydrogens is 282 g/mol. The molecule has 0 bridgehead atoms. The lowest BCUT2D eigenvalue weighted by Gasteiger charge is -2.16. The molecule has 2 nitrogen and oxygen atoms in total. The lowest BCUT2D eigenvalue weighted by atomic mass is 10.1. The summed E-state index contributed by atoms with van der Waals surface area (Å²) in [5.41, 5.74) is 2.62. The van der Waals surface area contributed by atoms with Crippen LogP contribution in [-0.4, -0.2) is 25.6 Å². The van der Waals surface area contributed by atoms with E-state index < -0.39 is 0 Å². The van der Waals surface area contributed by atoms with Gasteiger partial charge in [0.2, 0.25) is 0 Å². The number of nitrogens with one attached hydrogen (secondary N) is 1. The maximum Gasteiger partial charge on any atom is 0.118 e. The van der Waals surface area contributed by atoms with Gasteiger partial charge in [0, 0.05) is 11.9 Å². The average molecular weight is 304 g/mol. The van der Waals surface area contributed by atoms with Crippen molar-refractivity contribution in [2.45, 2.75) is 18.9 Å². The van der Waals surface area contributed by atoms with Gasteiger partial charge < -0.3 is 10.1 Å². The summed E-state index contributed by atoms with van der Waals surface area (Å²) in [6.07, 6.45) is 1.96. The molecule has 0 aliphatic heterocycles. The average Bonchev–Trinajstić information content (AvgIpc) is 2.55. The van der Waals surface area contributed by atoms with E-state index in [0.717, 1.165) is 25.1 Å². The summed E-state index contributed by atoms with van der Waals surface area (Å²) in [5.74, 6) is 1.52. The number of ether oxygens (including phenoxy) is 1. The molecule has 2 aromatic rings. The van der Waals surface area contributed by atoms with Crippen molar-refractivity contribution in [3.8, 4) is 5.75 Å². The molecule has 0 amide bonds. The fourth-order valence-corrected chi connectivity index (χ4v) is 2.51. The van der Waals surface area contributed by atoms with Gasteiger partial charge in [-0.25, -0.2) is 0 Å². The SMILES string of the molecule is COc1ccc(CCNC(CCl)Cc2ccccc2)cc1. The molecule has 0 aliphatic carbocycles. The molecule has 1 N–H and O–H groups in total. The highest BCUT2D eigenvalue weighted by Crippen LogP contribution is 2.11. The Morgan fingerprint density at radius 1 is 1.00 bits per heavy atom. The van der Waals surface area contributed by atoms with Crippen LogP contribution < -0.4 is 10.1 Å². The van der Waals surface area contributed by atoms with Gasteiger partial charge in [-0.1, -0.05) is 42.5 Å². The predicted octanol–water partition coefficient (Wildman–Crippen LogP) is 3.68. The number of benzene rings is 2. The number of methoxy groups -OCH3 is 1. The molecule has 0 aliphatic rings. The quantitative estimate of drug-likeness (QED) is 0.751. The van der Waals surface area contributed by atoms with Gasteiger partial charge in [-0.15, -0.1) is 11.6 Å². The van der Waals surface area contributed by atoms with E-state index in [9.17, 15) is 0 Å². The Bertz CT molecular complexity index is 513. The maximum atomic E-state index is 6.06. The van der Waals surface area contributed by atoms with E-state index in [4.69, 9.17) is 16.3 Å². The molecule has 0 fully saturated rings. The summed E-state index contributed by atoms with van der Waals surface area (Å²) < 4.78 is 5.16. The van der Waals surface area contributed by atoms with Crippen LogP contribution in [0.4, 0.5) is 0 Å². The molecule has 3 heteroatoms. The first-order valence-electron chi connectivity index (χ1n) is 7.28. The van der Waals surface area contributed by atoms with Crippen LogP contribution in [0.15, 0.2) is 54.6 Å². The molecule has 21 heavy (non-hydrogen) atoms. The van der Waals surface area contributed by atoms with Crippen LogP contribution >= 0.6 is 11.6 Å². The molecular formula is C18H22ClNO. The van der Waals surface area contributed by atoms with Gasteiger partial charge in [0.15, 0.2) is 0 Å². The highest BCUT2D eigenvalue weighted by Gasteiger charge is 2.07.